The molecular formula is C22H20ClN3O2S. The quantitative estimate of drug-likeness (QED) is 0.457. The summed E-state index contributed by atoms with van der Waals surface area (Å²) >= 11 is 6.42. The Labute approximate surface area is 175 Å². The highest BCUT2D eigenvalue weighted by molar-refractivity contribution is 7.90. The zero-order valence-corrected chi connectivity index (χ0v) is 17.7. The number of rotatable bonds is 5. The molecule has 0 aliphatic carbocycles. The Morgan fingerprint density at radius 1 is 1.10 bits per heavy atom. The van der Waals surface area contributed by atoms with E-state index in [1.165, 1.54) is 10.2 Å². The number of nitrogens with zero attached hydrogens (tertiary/aromatic N) is 3. The number of benzene rings is 2. The van der Waals surface area contributed by atoms with Crippen molar-refractivity contribution in [3.05, 3.63) is 89.3 Å². The molecule has 2 aromatic carbocycles. The first-order valence-corrected chi connectivity index (χ1v) is 10.9. The van der Waals surface area contributed by atoms with Gasteiger partial charge in [0, 0.05) is 37.6 Å². The zero-order chi connectivity index (χ0) is 20.6. The molecule has 4 rings (SSSR count). The smallest absolute Gasteiger partial charge is 0.269 e. The van der Waals surface area contributed by atoms with E-state index in [9.17, 15) is 8.42 Å². The van der Waals surface area contributed by atoms with Crippen molar-refractivity contribution < 1.29 is 8.42 Å². The van der Waals surface area contributed by atoms with Gasteiger partial charge in [0.15, 0.2) is 0 Å². The van der Waals surface area contributed by atoms with Gasteiger partial charge in [-0.25, -0.2) is 12.4 Å². The molecule has 2 aromatic heterocycles. The van der Waals surface area contributed by atoms with Gasteiger partial charge in [0.1, 0.15) is 4.90 Å². The van der Waals surface area contributed by atoms with Gasteiger partial charge in [0.05, 0.1) is 16.2 Å². The van der Waals surface area contributed by atoms with Crippen molar-refractivity contribution in [2.45, 2.75) is 18.4 Å². The van der Waals surface area contributed by atoms with E-state index in [1.807, 2.05) is 61.3 Å². The van der Waals surface area contributed by atoms with E-state index in [-0.39, 0.29) is 4.90 Å². The molecule has 148 valence electrons. The highest BCUT2D eigenvalue weighted by Gasteiger charge is 2.22. The lowest BCUT2D eigenvalue weighted by Crippen LogP contribution is -2.17. The first-order chi connectivity index (χ1) is 13.9. The number of aromatic nitrogens is 2. The fraction of sp³-hybridized carbons (Fsp3) is 0.136. The molecule has 5 nitrogen and oxygen atoms in total. The minimum absolute atomic E-state index is 0.155. The lowest BCUT2D eigenvalue weighted by Gasteiger charge is -2.20. The molecule has 0 aliphatic rings. The molecule has 0 atom stereocenters. The summed E-state index contributed by atoms with van der Waals surface area (Å²) in [6, 6.07) is 16.6. The van der Waals surface area contributed by atoms with Gasteiger partial charge in [-0.15, -0.1) is 0 Å². The largest absolute Gasteiger partial charge is 0.369 e. The van der Waals surface area contributed by atoms with Gasteiger partial charge >= 0.3 is 0 Å². The number of para-hydroxylation sites is 1. The normalized spacial score (nSPS) is 11.7. The maximum atomic E-state index is 13.2. The van der Waals surface area contributed by atoms with Crippen molar-refractivity contribution in [3.8, 4) is 0 Å². The van der Waals surface area contributed by atoms with Crippen LogP contribution < -0.4 is 4.90 Å². The Bertz CT molecular complexity index is 1280. The SMILES string of the molecule is Cc1ccc(N(C)Cc2cn(S(=O)(=O)c3cccnc3)c3ccccc23)c(Cl)c1. The zero-order valence-electron chi connectivity index (χ0n) is 16.1. The standard InChI is InChI=1S/C22H20ClN3O2S/c1-16-9-10-22(20(23)12-16)25(2)14-17-15-26(21-8-4-3-7-19(17)21)29(27,28)18-6-5-11-24-13-18/h3-13,15H,14H2,1-2H3. The van der Waals surface area contributed by atoms with E-state index in [4.69, 9.17) is 11.6 Å². The molecule has 0 amide bonds. The van der Waals surface area contributed by atoms with Crippen LogP contribution in [0.3, 0.4) is 0 Å². The second-order valence-electron chi connectivity index (χ2n) is 6.97. The van der Waals surface area contributed by atoms with E-state index in [1.54, 1.807) is 24.5 Å². The van der Waals surface area contributed by atoms with Gasteiger partial charge < -0.3 is 4.90 Å². The number of anilines is 1. The highest BCUT2D eigenvalue weighted by Crippen LogP contribution is 2.30. The lowest BCUT2D eigenvalue weighted by molar-refractivity contribution is 0.588. The average Bonchev–Trinajstić information content (AvgIpc) is 3.08. The molecule has 29 heavy (non-hydrogen) atoms. The highest BCUT2D eigenvalue weighted by atomic mass is 35.5. The Morgan fingerprint density at radius 3 is 2.62 bits per heavy atom. The summed E-state index contributed by atoms with van der Waals surface area (Å²) in [4.78, 5) is 6.13. The Kier molecular flexibility index (Phi) is 5.06. The van der Waals surface area contributed by atoms with Crippen LogP contribution in [-0.4, -0.2) is 24.4 Å². The lowest BCUT2D eigenvalue weighted by atomic mass is 10.1. The van der Waals surface area contributed by atoms with E-state index in [2.05, 4.69) is 4.98 Å². The summed E-state index contributed by atoms with van der Waals surface area (Å²) in [5, 5.41) is 1.55. The number of hydrogen-bond donors (Lipinski definition) is 0. The van der Waals surface area contributed by atoms with Crippen LogP contribution in [0.2, 0.25) is 5.02 Å². The summed E-state index contributed by atoms with van der Waals surface area (Å²) in [5.41, 5.74) is 3.51. The Morgan fingerprint density at radius 2 is 1.90 bits per heavy atom. The van der Waals surface area contributed by atoms with Crippen molar-refractivity contribution in [1.82, 2.24) is 8.96 Å². The van der Waals surface area contributed by atoms with Crippen LogP contribution in [0.15, 0.2) is 78.1 Å². The molecule has 0 fully saturated rings. The van der Waals surface area contributed by atoms with Crippen LogP contribution in [0, 0.1) is 6.92 Å². The van der Waals surface area contributed by atoms with Crippen LogP contribution in [0.25, 0.3) is 10.9 Å². The van der Waals surface area contributed by atoms with Crippen LogP contribution >= 0.6 is 11.6 Å². The second-order valence-corrected chi connectivity index (χ2v) is 9.19. The molecule has 0 bridgehead atoms. The van der Waals surface area contributed by atoms with Crippen LogP contribution in [0.4, 0.5) is 5.69 Å². The summed E-state index contributed by atoms with van der Waals surface area (Å²) in [6.07, 6.45) is 4.60. The van der Waals surface area contributed by atoms with Gasteiger partial charge in [-0.05, 0) is 48.4 Å². The third kappa shape index (κ3) is 3.61. The van der Waals surface area contributed by atoms with Crippen molar-refractivity contribution in [3.63, 3.8) is 0 Å². The van der Waals surface area contributed by atoms with Crippen molar-refractivity contribution >= 4 is 38.2 Å². The third-order valence-electron chi connectivity index (χ3n) is 4.87. The van der Waals surface area contributed by atoms with Crippen LogP contribution in [-0.2, 0) is 16.6 Å². The predicted octanol–water partition coefficient (Wildman–Crippen LogP) is 4.87. The monoisotopic (exact) mass is 425 g/mol. The minimum atomic E-state index is -3.75. The summed E-state index contributed by atoms with van der Waals surface area (Å²) in [7, 11) is -1.81. The van der Waals surface area contributed by atoms with Gasteiger partial charge in [-0.2, -0.15) is 0 Å². The first-order valence-electron chi connectivity index (χ1n) is 9.10. The molecule has 0 radical (unpaired) electrons. The Balaban J connectivity index is 1.79. The number of aryl methyl sites for hydroxylation is 1. The molecule has 0 unspecified atom stereocenters. The van der Waals surface area contributed by atoms with Gasteiger partial charge in [-0.1, -0.05) is 35.9 Å². The molecule has 2 heterocycles. The van der Waals surface area contributed by atoms with Crippen LogP contribution in [0.5, 0.6) is 0 Å². The molecule has 0 spiro atoms. The van der Waals surface area contributed by atoms with Crippen molar-refractivity contribution in [2.75, 3.05) is 11.9 Å². The number of pyridine rings is 1. The van der Waals surface area contributed by atoms with Crippen LogP contribution in [0.1, 0.15) is 11.1 Å². The fourth-order valence-corrected chi connectivity index (χ4v) is 5.15. The molecular weight excluding hydrogens is 406 g/mol. The maximum absolute atomic E-state index is 13.2. The number of hydrogen-bond acceptors (Lipinski definition) is 4. The molecule has 4 aromatic rings. The van der Waals surface area contributed by atoms with Gasteiger partial charge in [0.25, 0.3) is 10.0 Å². The van der Waals surface area contributed by atoms with E-state index in [0.29, 0.717) is 17.1 Å². The molecule has 7 heteroatoms. The molecule has 0 saturated heterocycles. The fourth-order valence-electron chi connectivity index (χ4n) is 3.42. The maximum Gasteiger partial charge on any atom is 0.269 e. The first kappa shape index (κ1) is 19.5. The van der Waals surface area contributed by atoms with E-state index >= 15 is 0 Å². The second kappa shape index (κ2) is 7.54. The molecule has 0 N–H and O–H groups in total. The topological polar surface area (TPSA) is 55.2 Å². The van der Waals surface area contributed by atoms with Gasteiger partial charge in [0.2, 0.25) is 0 Å². The van der Waals surface area contributed by atoms with Crippen molar-refractivity contribution in [2.24, 2.45) is 0 Å². The summed E-state index contributed by atoms with van der Waals surface area (Å²) in [6.45, 7) is 2.51. The predicted molar refractivity (Wildman–Crippen MR) is 117 cm³/mol. The van der Waals surface area contributed by atoms with Gasteiger partial charge in [-0.3, -0.25) is 4.98 Å². The number of fused-ring (bicyclic) bond motifs is 1. The number of halogens is 1. The molecule has 0 aliphatic heterocycles. The Hall–Kier alpha value is -2.83. The van der Waals surface area contributed by atoms with E-state index in [0.717, 1.165) is 22.2 Å². The summed E-state index contributed by atoms with van der Waals surface area (Å²) < 4.78 is 27.7. The third-order valence-corrected chi connectivity index (χ3v) is 6.83. The minimum Gasteiger partial charge on any atom is -0.369 e. The molecule has 0 saturated carbocycles. The summed E-state index contributed by atoms with van der Waals surface area (Å²) in [5.74, 6) is 0. The van der Waals surface area contributed by atoms with E-state index < -0.39 is 10.0 Å². The van der Waals surface area contributed by atoms with Crippen molar-refractivity contribution in [1.29, 1.82) is 0 Å². The average molecular weight is 426 g/mol.